The van der Waals surface area contributed by atoms with Crippen LogP contribution in [0.15, 0.2) is 48.7 Å². The number of fused-ring (bicyclic) bond motifs is 1. The first-order valence-electron chi connectivity index (χ1n) is 6.43. The Kier molecular flexibility index (Phi) is 3.02. The van der Waals surface area contributed by atoms with Crippen LogP contribution in [0.3, 0.4) is 0 Å². The van der Waals surface area contributed by atoms with Crippen LogP contribution < -0.4 is 0 Å². The molecule has 3 aromatic rings. The molecule has 0 aliphatic heterocycles. The van der Waals surface area contributed by atoms with Gasteiger partial charge in [0.1, 0.15) is 0 Å². The number of ketones is 1. The van der Waals surface area contributed by atoms with Gasteiger partial charge in [0.05, 0.1) is 4.92 Å². The number of nitrogens with zero attached hydrogens (tertiary/aromatic N) is 1. The average molecular weight is 280 g/mol. The topological polar surface area (TPSA) is 76.0 Å². The Morgan fingerprint density at radius 3 is 2.71 bits per heavy atom. The molecule has 1 aromatic heterocycles. The van der Waals surface area contributed by atoms with Crippen LogP contribution in [0.25, 0.3) is 10.9 Å². The largest absolute Gasteiger partial charge is 0.360 e. The van der Waals surface area contributed by atoms with Gasteiger partial charge in [-0.25, -0.2) is 0 Å². The van der Waals surface area contributed by atoms with E-state index in [1.807, 2.05) is 19.1 Å². The Morgan fingerprint density at radius 1 is 1.19 bits per heavy atom. The van der Waals surface area contributed by atoms with Gasteiger partial charge in [-0.3, -0.25) is 14.9 Å². The number of rotatable bonds is 3. The number of non-ortho nitro benzene ring substituents is 1. The summed E-state index contributed by atoms with van der Waals surface area (Å²) in [5, 5.41) is 11.4. The molecule has 5 nitrogen and oxygen atoms in total. The normalized spacial score (nSPS) is 10.7. The summed E-state index contributed by atoms with van der Waals surface area (Å²) in [4.78, 5) is 25.9. The van der Waals surface area contributed by atoms with E-state index in [0.29, 0.717) is 22.0 Å². The Labute approximate surface area is 120 Å². The van der Waals surface area contributed by atoms with Crippen LogP contribution in [0.2, 0.25) is 0 Å². The minimum absolute atomic E-state index is 0.0274. The van der Waals surface area contributed by atoms with Crippen molar-refractivity contribution in [3.05, 3.63) is 75.5 Å². The van der Waals surface area contributed by atoms with Crippen molar-refractivity contribution >= 4 is 22.4 Å². The second kappa shape index (κ2) is 4.86. The number of aryl methyl sites for hydroxylation is 1. The number of aromatic amines is 1. The van der Waals surface area contributed by atoms with Gasteiger partial charge in [-0.1, -0.05) is 23.8 Å². The zero-order valence-corrected chi connectivity index (χ0v) is 11.3. The van der Waals surface area contributed by atoms with Crippen LogP contribution in [0, 0.1) is 17.0 Å². The SMILES string of the molecule is Cc1cccc(C(=O)c2c[nH]c3ccc([N+](=O)[O-])cc23)c1. The molecule has 0 amide bonds. The Balaban J connectivity index is 2.14. The molecule has 1 heterocycles. The molecule has 0 atom stereocenters. The minimum Gasteiger partial charge on any atom is -0.360 e. The maximum Gasteiger partial charge on any atom is 0.270 e. The number of nitrogens with one attached hydrogen (secondary N) is 1. The summed E-state index contributed by atoms with van der Waals surface area (Å²) in [5.41, 5.74) is 2.69. The van der Waals surface area contributed by atoms with E-state index in [1.54, 1.807) is 24.4 Å². The highest BCUT2D eigenvalue weighted by Gasteiger charge is 2.16. The van der Waals surface area contributed by atoms with Gasteiger partial charge >= 0.3 is 0 Å². The lowest BCUT2D eigenvalue weighted by atomic mass is 10.0. The van der Waals surface area contributed by atoms with Crippen molar-refractivity contribution in [2.24, 2.45) is 0 Å². The lowest BCUT2D eigenvalue weighted by molar-refractivity contribution is -0.384. The van der Waals surface area contributed by atoms with E-state index in [9.17, 15) is 14.9 Å². The first-order chi connectivity index (χ1) is 10.1. The number of hydrogen-bond acceptors (Lipinski definition) is 3. The smallest absolute Gasteiger partial charge is 0.270 e. The third kappa shape index (κ3) is 2.29. The minimum atomic E-state index is -0.465. The van der Waals surface area contributed by atoms with Crippen molar-refractivity contribution in [3.63, 3.8) is 0 Å². The first-order valence-corrected chi connectivity index (χ1v) is 6.43. The molecule has 104 valence electrons. The van der Waals surface area contributed by atoms with Crippen LogP contribution in [0.1, 0.15) is 21.5 Å². The summed E-state index contributed by atoms with van der Waals surface area (Å²) in [6.45, 7) is 1.91. The molecular formula is C16H12N2O3. The van der Waals surface area contributed by atoms with Gasteiger partial charge in [-0.2, -0.15) is 0 Å². The monoisotopic (exact) mass is 280 g/mol. The molecule has 1 N–H and O–H groups in total. The van der Waals surface area contributed by atoms with E-state index in [2.05, 4.69) is 4.98 Å². The van der Waals surface area contributed by atoms with Gasteiger partial charge in [0, 0.05) is 40.4 Å². The van der Waals surface area contributed by atoms with Crippen LogP contribution in [0.5, 0.6) is 0 Å². The molecule has 5 heteroatoms. The lowest BCUT2D eigenvalue weighted by Gasteiger charge is -2.01. The van der Waals surface area contributed by atoms with E-state index in [1.165, 1.54) is 12.1 Å². The van der Waals surface area contributed by atoms with E-state index in [0.717, 1.165) is 5.56 Å². The predicted octanol–water partition coefficient (Wildman–Crippen LogP) is 3.62. The van der Waals surface area contributed by atoms with Crippen LogP contribution in [-0.2, 0) is 0 Å². The molecule has 21 heavy (non-hydrogen) atoms. The summed E-state index contributed by atoms with van der Waals surface area (Å²) in [6.07, 6.45) is 1.60. The fraction of sp³-hybridized carbons (Fsp3) is 0.0625. The highest BCUT2D eigenvalue weighted by atomic mass is 16.6. The lowest BCUT2D eigenvalue weighted by Crippen LogP contribution is -2.00. The molecule has 0 aliphatic rings. The zero-order chi connectivity index (χ0) is 15.0. The Hall–Kier alpha value is -2.95. The summed E-state index contributed by atoms with van der Waals surface area (Å²) in [6, 6.07) is 11.7. The third-order valence-electron chi connectivity index (χ3n) is 3.40. The van der Waals surface area contributed by atoms with E-state index in [-0.39, 0.29) is 11.5 Å². The molecule has 0 saturated heterocycles. The number of hydrogen-bond donors (Lipinski definition) is 1. The van der Waals surface area contributed by atoms with Crippen molar-refractivity contribution < 1.29 is 9.72 Å². The second-order valence-corrected chi connectivity index (χ2v) is 4.89. The second-order valence-electron chi connectivity index (χ2n) is 4.89. The van der Waals surface area contributed by atoms with Gasteiger partial charge in [-0.05, 0) is 19.1 Å². The van der Waals surface area contributed by atoms with Crippen LogP contribution in [0.4, 0.5) is 5.69 Å². The van der Waals surface area contributed by atoms with E-state index in [4.69, 9.17) is 0 Å². The van der Waals surface area contributed by atoms with Gasteiger partial charge in [-0.15, -0.1) is 0 Å². The predicted molar refractivity (Wildman–Crippen MR) is 79.6 cm³/mol. The van der Waals surface area contributed by atoms with E-state index < -0.39 is 4.92 Å². The van der Waals surface area contributed by atoms with Gasteiger partial charge in [0.15, 0.2) is 5.78 Å². The number of H-pyrrole nitrogens is 1. The molecule has 0 spiro atoms. The number of aromatic nitrogens is 1. The third-order valence-corrected chi connectivity index (χ3v) is 3.40. The molecule has 2 aromatic carbocycles. The molecule has 3 rings (SSSR count). The van der Waals surface area contributed by atoms with Crippen molar-refractivity contribution in [2.75, 3.05) is 0 Å². The van der Waals surface area contributed by atoms with Crippen LogP contribution >= 0.6 is 0 Å². The Bertz CT molecular complexity index is 865. The number of benzene rings is 2. The first kappa shape index (κ1) is 13.1. The molecule has 0 aliphatic carbocycles. The molecular weight excluding hydrogens is 268 g/mol. The van der Waals surface area contributed by atoms with Gasteiger partial charge in [0.25, 0.3) is 5.69 Å². The number of carbonyl (C=O) groups is 1. The Morgan fingerprint density at radius 2 is 2.00 bits per heavy atom. The van der Waals surface area contributed by atoms with Crippen molar-refractivity contribution in [3.8, 4) is 0 Å². The maximum absolute atomic E-state index is 12.6. The molecule has 0 radical (unpaired) electrons. The molecule has 0 saturated carbocycles. The maximum atomic E-state index is 12.6. The van der Waals surface area contributed by atoms with E-state index >= 15 is 0 Å². The molecule has 0 fully saturated rings. The fourth-order valence-corrected chi connectivity index (χ4v) is 2.35. The fourth-order valence-electron chi connectivity index (χ4n) is 2.35. The number of carbonyl (C=O) groups excluding carboxylic acids is 1. The zero-order valence-electron chi connectivity index (χ0n) is 11.3. The number of nitro benzene ring substituents is 1. The summed E-state index contributed by atoms with van der Waals surface area (Å²) >= 11 is 0. The van der Waals surface area contributed by atoms with Crippen molar-refractivity contribution in [1.82, 2.24) is 4.98 Å². The number of nitro groups is 1. The van der Waals surface area contributed by atoms with Crippen LogP contribution in [-0.4, -0.2) is 15.7 Å². The average Bonchev–Trinajstić information content (AvgIpc) is 2.89. The van der Waals surface area contributed by atoms with Crippen molar-refractivity contribution in [1.29, 1.82) is 0 Å². The summed E-state index contributed by atoms with van der Waals surface area (Å²) in [7, 11) is 0. The van der Waals surface area contributed by atoms with Gasteiger partial charge in [0.2, 0.25) is 0 Å². The summed E-state index contributed by atoms with van der Waals surface area (Å²) < 4.78 is 0. The standard InChI is InChI=1S/C16H12N2O3/c1-10-3-2-4-11(7-10)16(19)14-9-17-15-6-5-12(18(20)21)8-13(14)15/h2-9,17H,1H3. The van der Waals surface area contributed by atoms with Gasteiger partial charge < -0.3 is 4.98 Å². The quantitative estimate of drug-likeness (QED) is 0.452. The highest BCUT2D eigenvalue weighted by molar-refractivity contribution is 6.16. The molecule has 0 unspecified atom stereocenters. The molecule has 0 bridgehead atoms. The van der Waals surface area contributed by atoms with Crippen molar-refractivity contribution in [2.45, 2.75) is 6.92 Å². The summed E-state index contributed by atoms with van der Waals surface area (Å²) in [5.74, 6) is -0.148. The highest BCUT2D eigenvalue weighted by Crippen LogP contribution is 2.25.